The Morgan fingerprint density at radius 3 is 1.68 bits per heavy atom. The summed E-state index contributed by atoms with van der Waals surface area (Å²) in [4.78, 5) is 13.5. The zero-order chi connectivity index (χ0) is 19.7. The molecular formula is C24H20O4. The lowest BCUT2D eigenvalue weighted by atomic mass is 9.93. The number of allylic oxidation sites excluding steroid dienone is 1. The Labute approximate surface area is 164 Å². The van der Waals surface area contributed by atoms with Crippen molar-refractivity contribution in [2.75, 3.05) is 21.3 Å². The molecule has 0 unspecified atom stereocenters. The highest BCUT2D eigenvalue weighted by Gasteiger charge is 2.36. The van der Waals surface area contributed by atoms with Gasteiger partial charge >= 0.3 is 0 Å². The van der Waals surface area contributed by atoms with E-state index in [0.29, 0.717) is 28.4 Å². The van der Waals surface area contributed by atoms with Gasteiger partial charge in [0.05, 0.1) is 21.3 Å². The van der Waals surface area contributed by atoms with Gasteiger partial charge < -0.3 is 14.2 Å². The number of ketones is 1. The summed E-state index contributed by atoms with van der Waals surface area (Å²) in [7, 11) is 4.69. The molecule has 0 aliphatic heterocycles. The second kappa shape index (κ2) is 7.24. The zero-order valence-corrected chi connectivity index (χ0v) is 16.0. The van der Waals surface area contributed by atoms with E-state index >= 15 is 0 Å². The summed E-state index contributed by atoms with van der Waals surface area (Å²) in [6.07, 6.45) is 0. The van der Waals surface area contributed by atoms with Gasteiger partial charge in [0.1, 0.15) is 0 Å². The highest BCUT2D eigenvalue weighted by molar-refractivity contribution is 6.42. The molecule has 0 saturated carbocycles. The molecule has 0 saturated heterocycles. The number of ether oxygens (including phenoxy) is 3. The van der Waals surface area contributed by atoms with Gasteiger partial charge in [0.15, 0.2) is 17.3 Å². The van der Waals surface area contributed by atoms with Crippen LogP contribution in [0.4, 0.5) is 0 Å². The average molecular weight is 372 g/mol. The van der Waals surface area contributed by atoms with Crippen molar-refractivity contribution in [3.05, 3.63) is 89.0 Å². The quantitative estimate of drug-likeness (QED) is 0.641. The minimum atomic E-state index is -0.0562. The summed E-state index contributed by atoms with van der Waals surface area (Å²) in [5, 5.41) is 0. The second-order valence-corrected chi connectivity index (χ2v) is 6.38. The van der Waals surface area contributed by atoms with Gasteiger partial charge in [-0.1, -0.05) is 60.7 Å². The molecule has 0 N–H and O–H groups in total. The van der Waals surface area contributed by atoms with E-state index in [1.807, 2.05) is 60.7 Å². The number of hydrogen-bond acceptors (Lipinski definition) is 4. The van der Waals surface area contributed by atoms with Gasteiger partial charge in [-0.25, -0.2) is 0 Å². The number of methoxy groups -OCH3 is 3. The smallest absolute Gasteiger partial charge is 0.203 e. The van der Waals surface area contributed by atoms with E-state index in [2.05, 4.69) is 0 Å². The van der Waals surface area contributed by atoms with Crippen LogP contribution in [-0.2, 0) is 0 Å². The summed E-state index contributed by atoms with van der Waals surface area (Å²) < 4.78 is 16.7. The van der Waals surface area contributed by atoms with Crippen LogP contribution in [0.25, 0.3) is 11.1 Å². The third-order valence-corrected chi connectivity index (χ3v) is 4.93. The molecule has 0 heterocycles. The van der Waals surface area contributed by atoms with Crippen LogP contribution in [0.3, 0.4) is 0 Å². The third kappa shape index (κ3) is 2.65. The maximum atomic E-state index is 13.5. The fraction of sp³-hybridized carbons (Fsp3) is 0.125. The summed E-state index contributed by atoms with van der Waals surface area (Å²) in [5.41, 5.74) is 4.57. The number of benzene rings is 3. The molecule has 0 bridgehead atoms. The molecule has 0 aromatic heterocycles. The molecule has 3 aromatic rings. The SMILES string of the molecule is COc1cc2c(c(OC)c1OC)C(c1ccccc1)=C(c1ccccc1)C2=O. The minimum Gasteiger partial charge on any atom is -0.493 e. The first kappa shape index (κ1) is 17.9. The lowest BCUT2D eigenvalue weighted by molar-refractivity contribution is 0.105. The van der Waals surface area contributed by atoms with Crippen LogP contribution in [0.15, 0.2) is 66.7 Å². The number of rotatable bonds is 5. The fourth-order valence-electron chi connectivity index (χ4n) is 3.73. The van der Waals surface area contributed by atoms with Crippen molar-refractivity contribution in [1.29, 1.82) is 0 Å². The Hall–Kier alpha value is -3.53. The largest absolute Gasteiger partial charge is 0.493 e. The normalized spacial score (nSPS) is 12.8. The third-order valence-electron chi connectivity index (χ3n) is 4.93. The Morgan fingerprint density at radius 1 is 0.643 bits per heavy atom. The highest BCUT2D eigenvalue weighted by Crippen LogP contribution is 2.52. The number of Topliss-reactive ketones (excluding diaryl/α,β-unsaturated/α-hetero) is 1. The first-order valence-corrected chi connectivity index (χ1v) is 8.94. The predicted molar refractivity (Wildman–Crippen MR) is 109 cm³/mol. The summed E-state index contributed by atoms with van der Waals surface area (Å²) in [6.45, 7) is 0. The minimum absolute atomic E-state index is 0.0562. The van der Waals surface area contributed by atoms with Gasteiger partial charge in [0.2, 0.25) is 5.75 Å². The van der Waals surface area contributed by atoms with Gasteiger partial charge in [-0.05, 0) is 17.2 Å². The number of carbonyl (C=O) groups excluding carboxylic acids is 1. The lowest BCUT2D eigenvalue weighted by Crippen LogP contribution is -2.02. The lowest BCUT2D eigenvalue weighted by Gasteiger charge is -2.17. The van der Waals surface area contributed by atoms with Gasteiger partial charge in [0.25, 0.3) is 0 Å². The fourth-order valence-corrected chi connectivity index (χ4v) is 3.73. The number of hydrogen-bond donors (Lipinski definition) is 0. The molecule has 0 radical (unpaired) electrons. The molecule has 140 valence electrons. The van der Waals surface area contributed by atoms with Crippen LogP contribution in [0.2, 0.25) is 0 Å². The number of carbonyl (C=O) groups is 1. The van der Waals surface area contributed by atoms with Crippen molar-refractivity contribution >= 4 is 16.9 Å². The first-order chi connectivity index (χ1) is 13.7. The molecule has 4 rings (SSSR count). The van der Waals surface area contributed by atoms with Crippen molar-refractivity contribution in [3.63, 3.8) is 0 Å². The highest BCUT2D eigenvalue weighted by atomic mass is 16.5. The van der Waals surface area contributed by atoms with E-state index in [0.717, 1.165) is 22.3 Å². The topological polar surface area (TPSA) is 44.8 Å². The molecule has 0 amide bonds. The molecule has 3 aromatic carbocycles. The first-order valence-electron chi connectivity index (χ1n) is 8.94. The standard InChI is InChI=1S/C24H20O4/c1-26-18-14-17-21(24(28-3)23(18)27-2)19(15-10-6-4-7-11-15)20(22(17)25)16-12-8-5-9-13-16/h4-14H,1-3H3. The maximum absolute atomic E-state index is 13.5. The summed E-state index contributed by atoms with van der Waals surface area (Å²) in [6, 6.07) is 21.3. The molecule has 0 atom stereocenters. The molecule has 1 aliphatic carbocycles. The van der Waals surface area contributed by atoms with E-state index in [4.69, 9.17) is 14.2 Å². The monoisotopic (exact) mass is 372 g/mol. The van der Waals surface area contributed by atoms with Crippen LogP contribution < -0.4 is 14.2 Å². The van der Waals surface area contributed by atoms with E-state index in [1.165, 1.54) is 0 Å². The Balaban J connectivity index is 2.12. The van der Waals surface area contributed by atoms with Gasteiger partial charge in [-0.2, -0.15) is 0 Å². The van der Waals surface area contributed by atoms with Crippen molar-refractivity contribution in [1.82, 2.24) is 0 Å². The zero-order valence-electron chi connectivity index (χ0n) is 16.0. The van der Waals surface area contributed by atoms with Gasteiger partial charge in [0, 0.05) is 22.3 Å². The van der Waals surface area contributed by atoms with Crippen molar-refractivity contribution in [2.24, 2.45) is 0 Å². The van der Waals surface area contributed by atoms with Crippen LogP contribution in [-0.4, -0.2) is 27.1 Å². The maximum Gasteiger partial charge on any atom is 0.203 e. The Bertz CT molecular complexity index is 1070. The number of fused-ring (bicyclic) bond motifs is 1. The van der Waals surface area contributed by atoms with E-state index < -0.39 is 0 Å². The van der Waals surface area contributed by atoms with Crippen LogP contribution in [0.1, 0.15) is 27.0 Å². The second-order valence-electron chi connectivity index (χ2n) is 6.38. The Kier molecular flexibility index (Phi) is 4.62. The molecule has 28 heavy (non-hydrogen) atoms. The van der Waals surface area contributed by atoms with Crippen molar-refractivity contribution < 1.29 is 19.0 Å². The van der Waals surface area contributed by atoms with E-state index in [-0.39, 0.29) is 5.78 Å². The molecule has 0 fully saturated rings. The van der Waals surface area contributed by atoms with Gasteiger partial charge in [-0.15, -0.1) is 0 Å². The van der Waals surface area contributed by atoms with E-state index in [1.54, 1.807) is 27.4 Å². The van der Waals surface area contributed by atoms with Crippen LogP contribution in [0.5, 0.6) is 17.2 Å². The van der Waals surface area contributed by atoms with Gasteiger partial charge in [-0.3, -0.25) is 4.79 Å². The Morgan fingerprint density at radius 2 is 1.18 bits per heavy atom. The van der Waals surface area contributed by atoms with Crippen molar-refractivity contribution in [2.45, 2.75) is 0 Å². The summed E-state index contributed by atoms with van der Waals surface area (Å²) in [5.74, 6) is 1.38. The van der Waals surface area contributed by atoms with Crippen LogP contribution >= 0.6 is 0 Å². The molecular weight excluding hydrogens is 352 g/mol. The molecule has 1 aliphatic rings. The summed E-state index contributed by atoms with van der Waals surface area (Å²) >= 11 is 0. The van der Waals surface area contributed by atoms with Crippen molar-refractivity contribution in [3.8, 4) is 17.2 Å². The average Bonchev–Trinajstić information content (AvgIpc) is 3.05. The van der Waals surface area contributed by atoms with E-state index in [9.17, 15) is 4.79 Å². The van der Waals surface area contributed by atoms with Crippen LogP contribution in [0, 0.1) is 0 Å². The molecule has 4 heteroatoms. The molecule has 0 spiro atoms. The predicted octanol–water partition coefficient (Wildman–Crippen LogP) is 4.87. The molecule has 4 nitrogen and oxygen atoms in total.